The Morgan fingerprint density at radius 1 is 0.750 bits per heavy atom. The summed E-state index contributed by atoms with van der Waals surface area (Å²) in [4.78, 5) is 0. The number of allylic oxidation sites excluding steroid dienone is 1. The van der Waals surface area contributed by atoms with Crippen LogP contribution < -0.4 is 4.74 Å². The van der Waals surface area contributed by atoms with E-state index < -0.39 is 5.82 Å². The summed E-state index contributed by atoms with van der Waals surface area (Å²) in [6, 6.07) is 31.1. The molecule has 0 fully saturated rings. The molecule has 3 heteroatoms. The van der Waals surface area contributed by atoms with Gasteiger partial charge in [-0.15, -0.1) is 0 Å². The summed E-state index contributed by atoms with van der Waals surface area (Å²) in [6.07, 6.45) is 1.73. The molecule has 0 spiro atoms. The fraction of sp³-hybridized carbons (Fsp3) is 0.103. The van der Waals surface area contributed by atoms with Gasteiger partial charge in [0.2, 0.25) is 0 Å². The van der Waals surface area contributed by atoms with E-state index in [1.165, 1.54) is 23.3 Å². The highest BCUT2D eigenvalue weighted by Crippen LogP contribution is 2.42. The van der Waals surface area contributed by atoms with Crippen LogP contribution in [0.5, 0.6) is 11.5 Å². The number of rotatable bonds is 5. The smallest absolute Gasteiger partial charge is 0.165 e. The Kier molecular flexibility index (Phi) is 5.47. The molecule has 0 atom stereocenters. The van der Waals surface area contributed by atoms with Crippen LogP contribution in [0.15, 0.2) is 97.1 Å². The van der Waals surface area contributed by atoms with Crippen LogP contribution in [-0.2, 0) is 13.0 Å². The van der Waals surface area contributed by atoms with E-state index >= 15 is 0 Å². The highest BCUT2D eigenvalue weighted by Gasteiger charge is 2.22. The van der Waals surface area contributed by atoms with Gasteiger partial charge in [-0.25, -0.2) is 4.39 Å². The van der Waals surface area contributed by atoms with Gasteiger partial charge in [0, 0.05) is 0 Å². The van der Waals surface area contributed by atoms with E-state index in [9.17, 15) is 9.50 Å². The number of hydrogen-bond donors (Lipinski definition) is 1. The third-order valence-corrected chi connectivity index (χ3v) is 5.90. The minimum atomic E-state index is -0.614. The Bertz CT molecular complexity index is 1280. The SMILES string of the molecule is Oc1ccc(C2=C(c3ccccc3)CCc3cc(OCc4ccccc4)ccc32)cc1F. The molecular formula is C29H23FO2. The topological polar surface area (TPSA) is 29.5 Å². The highest BCUT2D eigenvalue weighted by atomic mass is 19.1. The standard InChI is InChI=1S/C29H23FO2/c30-27-18-23(12-16-28(27)31)29-25(21-9-5-2-6-10-21)14-11-22-17-24(13-15-26(22)29)32-19-20-7-3-1-4-8-20/h1-10,12-13,15-18,31H,11,14,19H2. The van der Waals surface area contributed by atoms with Crippen LogP contribution in [0.25, 0.3) is 11.1 Å². The summed E-state index contributed by atoms with van der Waals surface area (Å²) in [7, 11) is 0. The summed E-state index contributed by atoms with van der Waals surface area (Å²) in [5, 5.41) is 9.70. The molecule has 0 bridgehead atoms. The molecule has 0 amide bonds. The zero-order valence-electron chi connectivity index (χ0n) is 17.6. The molecule has 1 N–H and O–H groups in total. The van der Waals surface area contributed by atoms with Crippen molar-refractivity contribution in [3.8, 4) is 11.5 Å². The molecule has 158 valence electrons. The zero-order valence-corrected chi connectivity index (χ0v) is 17.6. The zero-order chi connectivity index (χ0) is 21.9. The Hall–Kier alpha value is -3.85. The normalized spacial score (nSPS) is 13.0. The first-order chi connectivity index (χ1) is 15.7. The molecule has 5 rings (SSSR count). The molecule has 2 nitrogen and oxygen atoms in total. The molecule has 0 saturated carbocycles. The second-order valence-corrected chi connectivity index (χ2v) is 7.98. The van der Waals surface area contributed by atoms with Crippen molar-refractivity contribution in [2.75, 3.05) is 0 Å². The predicted octanol–water partition coefficient (Wildman–Crippen LogP) is 7.02. The van der Waals surface area contributed by atoms with Crippen molar-refractivity contribution in [3.63, 3.8) is 0 Å². The van der Waals surface area contributed by atoms with E-state index in [4.69, 9.17) is 4.74 Å². The number of aromatic hydroxyl groups is 1. The summed E-state index contributed by atoms with van der Waals surface area (Å²) in [5.74, 6) is -0.124. The molecule has 0 heterocycles. The van der Waals surface area contributed by atoms with Gasteiger partial charge in [0.15, 0.2) is 11.6 Å². The highest BCUT2D eigenvalue weighted by molar-refractivity contribution is 6.00. The van der Waals surface area contributed by atoms with Gasteiger partial charge in [-0.2, -0.15) is 0 Å². The number of ether oxygens (including phenoxy) is 1. The fourth-order valence-electron chi connectivity index (χ4n) is 4.32. The average Bonchev–Trinajstić information content (AvgIpc) is 2.85. The summed E-state index contributed by atoms with van der Waals surface area (Å²) in [5.41, 5.74) is 7.46. The number of benzene rings is 4. The van der Waals surface area contributed by atoms with E-state index in [1.54, 1.807) is 6.07 Å². The average molecular weight is 422 g/mol. The van der Waals surface area contributed by atoms with E-state index in [1.807, 2.05) is 54.6 Å². The maximum absolute atomic E-state index is 14.3. The molecule has 0 unspecified atom stereocenters. The van der Waals surface area contributed by atoms with Crippen LogP contribution in [0.1, 0.15) is 34.2 Å². The van der Waals surface area contributed by atoms with E-state index in [0.717, 1.165) is 46.4 Å². The number of fused-ring (bicyclic) bond motifs is 1. The minimum Gasteiger partial charge on any atom is -0.505 e. The van der Waals surface area contributed by atoms with Crippen LogP contribution in [0.2, 0.25) is 0 Å². The summed E-state index contributed by atoms with van der Waals surface area (Å²) < 4.78 is 20.3. The van der Waals surface area contributed by atoms with Gasteiger partial charge in [0.25, 0.3) is 0 Å². The second-order valence-electron chi connectivity index (χ2n) is 7.98. The Balaban J connectivity index is 1.56. The third kappa shape index (κ3) is 4.02. The van der Waals surface area contributed by atoms with Crippen molar-refractivity contribution >= 4 is 11.1 Å². The van der Waals surface area contributed by atoms with Crippen LogP contribution in [0, 0.1) is 5.82 Å². The Morgan fingerprint density at radius 2 is 1.50 bits per heavy atom. The quantitative estimate of drug-likeness (QED) is 0.375. The number of halogens is 1. The second kappa shape index (κ2) is 8.72. The summed E-state index contributed by atoms with van der Waals surface area (Å²) in [6.45, 7) is 0.515. The van der Waals surface area contributed by atoms with Crippen LogP contribution in [-0.4, -0.2) is 5.11 Å². The predicted molar refractivity (Wildman–Crippen MR) is 126 cm³/mol. The van der Waals surface area contributed by atoms with E-state index in [-0.39, 0.29) is 5.75 Å². The number of phenolic OH excluding ortho intramolecular Hbond substituents is 1. The number of phenols is 1. The Labute approximate surface area is 187 Å². The lowest BCUT2D eigenvalue weighted by Gasteiger charge is -2.25. The van der Waals surface area contributed by atoms with Gasteiger partial charge in [-0.3, -0.25) is 0 Å². The number of hydrogen-bond acceptors (Lipinski definition) is 2. The first kappa shape index (κ1) is 20.1. The summed E-state index contributed by atoms with van der Waals surface area (Å²) >= 11 is 0. The van der Waals surface area contributed by atoms with Gasteiger partial charge in [0.05, 0.1) is 0 Å². The molecule has 1 aliphatic rings. The maximum atomic E-state index is 14.3. The van der Waals surface area contributed by atoms with Gasteiger partial charge < -0.3 is 9.84 Å². The van der Waals surface area contributed by atoms with Crippen LogP contribution >= 0.6 is 0 Å². The fourth-order valence-corrected chi connectivity index (χ4v) is 4.32. The van der Waals surface area contributed by atoms with Gasteiger partial charge >= 0.3 is 0 Å². The maximum Gasteiger partial charge on any atom is 0.165 e. The van der Waals surface area contributed by atoms with Crippen molar-refractivity contribution < 1.29 is 14.2 Å². The molecule has 0 aliphatic heterocycles. The molecule has 4 aromatic carbocycles. The van der Waals surface area contributed by atoms with Crippen molar-refractivity contribution in [2.24, 2.45) is 0 Å². The molecule has 0 aromatic heterocycles. The molecule has 32 heavy (non-hydrogen) atoms. The first-order valence-corrected chi connectivity index (χ1v) is 10.8. The van der Waals surface area contributed by atoms with E-state index in [0.29, 0.717) is 6.61 Å². The lowest BCUT2D eigenvalue weighted by Crippen LogP contribution is -2.07. The molecule has 1 aliphatic carbocycles. The monoisotopic (exact) mass is 422 g/mol. The molecule has 4 aromatic rings. The largest absolute Gasteiger partial charge is 0.505 e. The van der Waals surface area contributed by atoms with E-state index in [2.05, 4.69) is 24.3 Å². The molecule has 0 radical (unpaired) electrons. The molecule has 0 saturated heterocycles. The molecular weight excluding hydrogens is 399 g/mol. The van der Waals surface area contributed by atoms with Gasteiger partial charge in [-0.05, 0) is 76.1 Å². The van der Waals surface area contributed by atoms with Crippen LogP contribution in [0.3, 0.4) is 0 Å². The van der Waals surface area contributed by atoms with Gasteiger partial charge in [-0.1, -0.05) is 72.8 Å². The van der Waals surface area contributed by atoms with Crippen molar-refractivity contribution in [1.82, 2.24) is 0 Å². The van der Waals surface area contributed by atoms with Crippen molar-refractivity contribution in [2.45, 2.75) is 19.4 Å². The third-order valence-electron chi connectivity index (χ3n) is 5.90. The minimum absolute atomic E-state index is 0.337. The Morgan fingerprint density at radius 3 is 2.25 bits per heavy atom. The number of aryl methyl sites for hydroxylation is 1. The lowest BCUT2D eigenvalue weighted by atomic mass is 9.79. The first-order valence-electron chi connectivity index (χ1n) is 10.8. The van der Waals surface area contributed by atoms with Crippen LogP contribution in [0.4, 0.5) is 4.39 Å². The van der Waals surface area contributed by atoms with Gasteiger partial charge in [0.1, 0.15) is 12.4 Å². The van der Waals surface area contributed by atoms with Crippen molar-refractivity contribution in [3.05, 3.63) is 131 Å². The van der Waals surface area contributed by atoms with Crippen molar-refractivity contribution in [1.29, 1.82) is 0 Å². The lowest BCUT2D eigenvalue weighted by molar-refractivity contribution is 0.306.